The van der Waals surface area contributed by atoms with Crippen molar-refractivity contribution in [2.75, 3.05) is 20.6 Å². The van der Waals surface area contributed by atoms with Gasteiger partial charge in [0.15, 0.2) is 0 Å². The van der Waals surface area contributed by atoms with E-state index in [2.05, 4.69) is 9.71 Å². The van der Waals surface area contributed by atoms with Gasteiger partial charge in [0, 0.05) is 52.8 Å². The van der Waals surface area contributed by atoms with Crippen LogP contribution in [0.1, 0.15) is 23.3 Å². The summed E-state index contributed by atoms with van der Waals surface area (Å²) >= 11 is 0. The van der Waals surface area contributed by atoms with Gasteiger partial charge in [0.05, 0.1) is 6.33 Å². The number of carbonyl (C=O) groups excluding carboxylic acids is 1. The SMILES string of the molecule is CN(C)C(=O)c1cc(S(=O)(=O)NCCCCn2ccnc2)cn1C. The molecule has 2 rings (SSSR count). The first-order valence-electron chi connectivity index (χ1n) is 7.64. The van der Waals surface area contributed by atoms with Gasteiger partial charge in [0.25, 0.3) is 5.91 Å². The minimum Gasteiger partial charge on any atom is -0.345 e. The molecule has 9 heteroatoms. The molecule has 0 atom stereocenters. The summed E-state index contributed by atoms with van der Waals surface area (Å²) in [5.74, 6) is -0.237. The van der Waals surface area contributed by atoms with E-state index in [0.717, 1.165) is 13.0 Å². The van der Waals surface area contributed by atoms with Crippen LogP contribution in [0.25, 0.3) is 0 Å². The van der Waals surface area contributed by atoms with E-state index in [1.165, 1.54) is 21.7 Å². The zero-order chi connectivity index (χ0) is 17.7. The number of imidazole rings is 1. The highest BCUT2D eigenvalue weighted by Gasteiger charge is 2.20. The third-order valence-corrected chi connectivity index (χ3v) is 5.04. The van der Waals surface area contributed by atoms with E-state index in [0.29, 0.717) is 18.7 Å². The van der Waals surface area contributed by atoms with Crippen molar-refractivity contribution in [1.29, 1.82) is 0 Å². The average molecular weight is 353 g/mol. The molecule has 0 spiro atoms. The molecule has 2 heterocycles. The number of hydrogen-bond donors (Lipinski definition) is 1. The molecule has 2 aromatic heterocycles. The smallest absolute Gasteiger partial charge is 0.269 e. The van der Waals surface area contributed by atoms with Crippen molar-refractivity contribution in [2.24, 2.45) is 7.05 Å². The van der Waals surface area contributed by atoms with E-state index in [1.54, 1.807) is 33.7 Å². The molecule has 0 saturated carbocycles. The molecule has 0 aliphatic carbocycles. The van der Waals surface area contributed by atoms with Gasteiger partial charge in [-0.05, 0) is 18.9 Å². The second-order valence-electron chi connectivity index (χ2n) is 5.78. The number of sulfonamides is 1. The van der Waals surface area contributed by atoms with Crippen LogP contribution in [0.15, 0.2) is 35.9 Å². The van der Waals surface area contributed by atoms with Crippen molar-refractivity contribution in [3.05, 3.63) is 36.7 Å². The number of rotatable bonds is 8. The molecule has 0 aliphatic heterocycles. The Labute approximate surface area is 142 Å². The van der Waals surface area contributed by atoms with Gasteiger partial charge in [-0.25, -0.2) is 18.1 Å². The van der Waals surface area contributed by atoms with Crippen molar-refractivity contribution in [1.82, 2.24) is 23.7 Å². The number of unbranched alkanes of at least 4 members (excludes halogenated alkanes) is 1. The van der Waals surface area contributed by atoms with E-state index in [9.17, 15) is 13.2 Å². The van der Waals surface area contributed by atoms with Crippen LogP contribution in [0.2, 0.25) is 0 Å². The fraction of sp³-hybridized carbons (Fsp3) is 0.467. The minimum atomic E-state index is -3.62. The first-order chi connectivity index (χ1) is 11.3. The molecule has 0 saturated heterocycles. The maximum atomic E-state index is 12.3. The molecule has 0 radical (unpaired) electrons. The van der Waals surface area contributed by atoms with Crippen LogP contribution in [0.5, 0.6) is 0 Å². The Morgan fingerprint density at radius 2 is 2.08 bits per heavy atom. The molecule has 24 heavy (non-hydrogen) atoms. The minimum absolute atomic E-state index is 0.102. The first-order valence-corrected chi connectivity index (χ1v) is 9.13. The molecular weight excluding hydrogens is 330 g/mol. The topological polar surface area (TPSA) is 89.2 Å². The van der Waals surface area contributed by atoms with Gasteiger partial charge in [0.2, 0.25) is 10.0 Å². The quantitative estimate of drug-likeness (QED) is 0.707. The maximum absolute atomic E-state index is 12.3. The summed E-state index contributed by atoms with van der Waals surface area (Å²) in [6.45, 7) is 1.15. The summed E-state index contributed by atoms with van der Waals surface area (Å²) in [5.41, 5.74) is 0.334. The van der Waals surface area contributed by atoms with E-state index < -0.39 is 10.0 Å². The molecule has 2 aromatic rings. The molecule has 0 unspecified atom stereocenters. The number of hydrogen-bond acceptors (Lipinski definition) is 4. The fourth-order valence-corrected chi connectivity index (χ4v) is 3.39. The zero-order valence-electron chi connectivity index (χ0n) is 14.1. The van der Waals surface area contributed by atoms with Crippen LogP contribution in [-0.4, -0.2) is 54.0 Å². The summed E-state index contributed by atoms with van der Waals surface area (Å²) in [4.78, 5) is 17.5. The predicted octanol–water partition coefficient (Wildman–Crippen LogP) is 0.682. The van der Waals surface area contributed by atoms with E-state index in [4.69, 9.17) is 0 Å². The van der Waals surface area contributed by atoms with Gasteiger partial charge in [-0.2, -0.15) is 0 Å². The number of nitrogens with zero attached hydrogens (tertiary/aromatic N) is 4. The van der Waals surface area contributed by atoms with E-state index >= 15 is 0 Å². The Morgan fingerprint density at radius 3 is 2.71 bits per heavy atom. The summed E-state index contributed by atoms with van der Waals surface area (Å²) in [6.07, 6.45) is 8.33. The third-order valence-electron chi connectivity index (χ3n) is 3.61. The van der Waals surface area contributed by atoms with Gasteiger partial charge in [-0.1, -0.05) is 0 Å². The normalized spacial score (nSPS) is 11.6. The van der Waals surface area contributed by atoms with Crippen molar-refractivity contribution in [3.63, 3.8) is 0 Å². The lowest BCUT2D eigenvalue weighted by Gasteiger charge is -2.09. The Bertz CT molecular complexity index is 778. The number of aryl methyl sites for hydroxylation is 2. The highest BCUT2D eigenvalue weighted by Crippen LogP contribution is 2.14. The van der Waals surface area contributed by atoms with Crippen molar-refractivity contribution in [2.45, 2.75) is 24.3 Å². The van der Waals surface area contributed by atoms with Gasteiger partial charge in [0.1, 0.15) is 10.6 Å². The predicted molar refractivity (Wildman–Crippen MR) is 90.1 cm³/mol. The summed E-state index contributed by atoms with van der Waals surface area (Å²) < 4.78 is 30.7. The lowest BCUT2D eigenvalue weighted by atomic mass is 10.3. The summed E-state index contributed by atoms with van der Waals surface area (Å²) in [5, 5.41) is 0. The Hall–Kier alpha value is -2.13. The van der Waals surface area contributed by atoms with Crippen molar-refractivity contribution < 1.29 is 13.2 Å². The lowest BCUT2D eigenvalue weighted by Crippen LogP contribution is -2.25. The number of carbonyl (C=O) groups is 1. The first kappa shape index (κ1) is 18.2. The van der Waals surface area contributed by atoms with Crippen molar-refractivity contribution >= 4 is 15.9 Å². The van der Waals surface area contributed by atoms with Gasteiger partial charge < -0.3 is 14.0 Å². The summed E-state index contributed by atoms with van der Waals surface area (Å²) in [7, 11) is 1.29. The molecule has 0 fully saturated rings. The van der Waals surface area contributed by atoms with Crippen LogP contribution in [0.3, 0.4) is 0 Å². The van der Waals surface area contributed by atoms with Crippen LogP contribution >= 0.6 is 0 Å². The Kier molecular flexibility index (Phi) is 5.79. The lowest BCUT2D eigenvalue weighted by molar-refractivity contribution is 0.0818. The Balaban J connectivity index is 1.90. The number of amides is 1. The number of aromatic nitrogens is 3. The molecule has 1 N–H and O–H groups in total. The number of nitrogens with one attached hydrogen (secondary N) is 1. The van der Waals surface area contributed by atoms with Crippen molar-refractivity contribution in [3.8, 4) is 0 Å². The largest absolute Gasteiger partial charge is 0.345 e. The van der Waals surface area contributed by atoms with Crippen LogP contribution < -0.4 is 4.72 Å². The monoisotopic (exact) mass is 353 g/mol. The molecule has 1 amide bonds. The fourth-order valence-electron chi connectivity index (χ4n) is 2.25. The Morgan fingerprint density at radius 1 is 1.33 bits per heavy atom. The molecular formula is C15H23N5O3S. The highest BCUT2D eigenvalue weighted by molar-refractivity contribution is 7.89. The molecule has 8 nitrogen and oxygen atoms in total. The maximum Gasteiger partial charge on any atom is 0.269 e. The van der Waals surface area contributed by atoms with Crippen LogP contribution in [0, 0.1) is 0 Å². The van der Waals surface area contributed by atoms with E-state index in [-0.39, 0.29) is 10.8 Å². The zero-order valence-corrected chi connectivity index (χ0v) is 15.0. The van der Waals surface area contributed by atoms with Crippen LogP contribution in [-0.2, 0) is 23.6 Å². The highest BCUT2D eigenvalue weighted by atomic mass is 32.2. The molecule has 0 bridgehead atoms. The second kappa shape index (κ2) is 7.63. The molecule has 0 aliphatic rings. The van der Waals surface area contributed by atoms with E-state index in [1.807, 2.05) is 10.8 Å². The second-order valence-corrected chi connectivity index (χ2v) is 7.54. The van der Waals surface area contributed by atoms with Gasteiger partial charge >= 0.3 is 0 Å². The third kappa shape index (κ3) is 4.45. The molecule has 0 aromatic carbocycles. The van der Waals surface area contributed by atoms with Gasteiger partial charge in [-0.15, -0.1) is 0 Å². The average Bonchev–Trinajstić information content (AvgIpc) is 3.15. The summed E-state index contributed by atoms with van der Waals surface area (Å²) in [6, 6.07) is 1.40. The molecule has 132 valence electrons. The van der Waals surface area contributed by atoms with Gasteiger partial charge in [-0.3, -0.25) is 4.79 Å². The standard InChI is InChI=1S/C15H23N5O3S/c1-18(2)15(21)14-10-13(11-19(14)3)24(22,23)17-6-4-5-8-20-9-7-16-12-20/h7,9-12,17H,4-6,8H2,1-3H3. The van der Waals surface area contributed by atoms with Crippen LogP contribution in [0.4, 0.5) is 0 Å².